The zero-order valence-electron chi connectivity index (χ0n) is 11.9. The van der Waals surface area contributed by atoms with E-state index in [-0.39, 0.29) is 18.0 Å². The van der Waals surface area contributed by atoms with Gasteiger partial charge in [0.05, 0.1) is 19.7 Å². The summed E-state index contributed by atoms with van der Waals surface area (Å²) in [6.07, 6.45) is 2.37. The number of halogens is 1. The number of hydrogen-bond donors (Lipinski definition) is 0. The van der Waals surface area contributed by atoms with Gasteiger partial charge in [0.15, 0.2) is 5.78 Å². The van der Waals surface area contributed by atoms with Crippen LogP contribution < -0.4 is 0 Å². The minimum Gasteiger partial charge on any atom is -0.469 e. The number of methoxy groups -OCH3 is 1. The lowest BCUT2D eigenvalue weighted by atomic mass is 9.92. The van der Waals surface area contributed by atoms with Crippen LogP contribution in [0, 0.1) is 5.92 Å². The molecule has 106 valence electrons. The fourth-order valence-corrected chi connectivity index (χ4v) is 1.44. The zero-order valence-corrected chi connectivity index (χ0v) is 11.9. The van der Waals surface area contributed by atoms with Crippen LogP contribution in [0.2, 0.25) is 0 Å². The Morgan fingerprint density at radius 2 is 1.78 bits per heavy atom. The van der Waals surface area contributed by atoms with Gasteiger partial charge < -0.3 is 4.74 Å². The lowest BCUT2D eigenvalue weighted by Gasteiger charge is -2.14. The molecule has 0 N–H and O–H groups in total. The van der Waals surface area contributed by atoms with Gasteiger partial charge in [-0.2, -0.15) is 0 Å². The summed E-state index contributed by atoms with van der Waals surface area (Å²) in [5.41, 5.74) is 0.270. The predicted octanol–water partition coefficient (Wildman–Crippen LogP) is 3.48. The highest BCUT2D eigenvalue weighted by molar-refractivity contribution is 5.98. The molecule has 0 heterocycles. The summed E-state index contributed by atoms with van der Waals surface area (Å²) in [4.78, 5) is 22.5. The summed E-state index contributed by atoms with van der Waals surface area (Å²) in [7, 11) is 1.28. The van der Waals surface area contributed by atoms with Gasteiger partial charge in [0, 0.05) is 5.57 Å². The third-order valence-corrected chi connectivity index (χ3v) is 2.48. The number of alkyl halides is 1. The highest BCUT2D eigenvalue weighted by Gasteiger charge is 2.24. The molecular formula is C14H25FO3. The average molecular weight is 260 g/mol. The second-order valence-electron chi connectivity index (χ2n) is 3.70. The molecule has 0 aliphatic rings. The van der Waals surface area contributed by atoms with E-state index in [1.165, 1.54) is 14.0 Å². The fraction of sp³-hybridized carbons (Fsp3) is 0.714. The molecule has 4 heteroatoms. The molecule has 1 unspecified atom stereocenters. The molecule has 0 aromatic rings. The third-order valence-electron chi connectivity index (χ3n) is 2.48. The van der Waals surface area contributed by atoms with Gasteiger partial charge in [0.1, 0.15) is 0 Å². The standard InChI is InChI=1S/C12H19FO3.C2H6/c1-9(10(2)14)11(12(15)16-3)7-5-4-6-8-13;1-2/h11H,1,4-8H2,2-3H3;1-2H3. The highest BCUT2D eigenvalue weighted by atomic mass is 19.1. The van der Waals surface area contributed by atoms with Crippen LogP contribution in [-0.2, 0) is 14.3 Å². The molecule has 0 aromatic heterocycles. The summed E-state index contributed by atoms with van der Waals surface area (Å²) in [6.45, 7) is 8.62. The van der Waals surface area contributed by atoms with E-state index in [1.54, 1.807) is 0 Å². The summed E-state index contributed by atoms with van der Waals surface area (Å²) in [6, 6.07) is 0. The predicted molar refractivity (Wildman–Crippen MR) is 71.1 cm³/mol. The quantitative estimate of drug-likeness (QED) is 0.381. The maximum atomic E-state index is 11.9. The molecule has 0 rings (SSSR count). The number of Topliss-reactive ketones (excluding diaryl/α,β-unsaturated/α-hetero) is 1. The number of unbranched alkanes of at least 4 members (excludes halogenated alkanes) is 2. The van der Waals surface area contributed by atoms with Crippen LogP contribution in [0.25, 0.3) is 0 Å². The SMILES string of the molecule is C=C(C(C)=O)C(CCCCCF)C(=O)OC.CC. The Morgan fingerprint density at radius 3 is 2.17 bits per heavy atom. The first kappa shape index (κ1) is 19.2. The van der Waals surface area contributed by atoms with Crippen molar-refractivity contribution in [3.8, 4) is 0 Å². The first-order chi connectivity index (χ1) is 8.54. The molecule has 0 bridgehead atoms. The van der Waals surface area contributed by atoms with Gasteiger partial charge in [-0.15, -0.1) is 0 Å². The highest BCUT2D eigenvalue weighted by Crippen LogP contribution is 2.19. The summed E-state index contributed by atoms with van der Waals surface area (Å²) < 4.78 is 16.5. The topological polar surface area (TPSA) is 43.4 Å². The first-order valence-electron chi connectivity index (χ1n) is 6.38. The van der Waals surface area contributed by atoms with Crippen LogP contribution in [-0.4, -0.2) is 25.5 Å². The Hall–Kier alpha value is -1.19. The van der Waals surface area contributed by atoms with Crippen molar-refractivity contribution in [2.24, 2.45) is 5.92 Å². The van der Waals surface area contributed by atoms with Crippen molar-refractivity contribution in [1.82, 2.24) is 0 Å². The minimum atomic E-state index is -0.581. The molecule has 18 heavy (non-hydrogen) atoms. The monoisotopic (exact) mass is 260 g/mol. The molecule has 0 fully saturated rings. The smallest absolute Gasteiger partial charge is 0.313 e. The number of hydrogen-bond acceptors (Lipinski definition) is 3. The molecule has 1 atom stereocenters. The summed E-state index contributed by atoms with van der Waals surface area (Å²) >= 11 is 0. The van der Waals surface area contributed by atoms with Crippen molar-refractivity contribution in [2.45, 2.75) is 46.5 Å². The lowest BCUT2D eigenvalue weighted by molar-refractivity contribution is -0.145. The molecule has 0 aliphatic carbocycles. The molecule has 0 radical (unpaired) electrons. The van der Waals surface area contributed by atoms with Crippen LogP contribution in [0.5, 0.6) is 0 Å². The second-order valence-corrected chi connectivity index (χ2v) is 3.70. The van der Waals surface area contributed by atoms with E-state index in [0.29, 0.717) is 25.7 Å². The Kier molecular flexibility index (Phi) is 13.1. The number of carbonyl (C=O) groups excluding carboxylic acids is 2. The van der Waals surface area contributed by atoms with Crippen molar-refractivity contribution in [1.29, 1.82) is 0 Å². The Bertz CT molecular complexity index is 262. The van der Waals surface area contributed by atoms with E-state index in [9.17, 15) is 14.0 Å². The van der Waals surface area contributed by atoms with E-state index in [1.807, 2.05) is 13.8 Å². The fourth-order valence-electron chi connectivity index (χ4n) is 1.44. The van der Waals surface area contributed by atoms with Crippen molar-refractivity contribution in [3.63, 3.8) is 0 Å². The van der Waals surface area contributed by atoms with Gasteiger partial charge >= 0.3 is 5.97 Å². The van der Waals surface area contributed by atoms with Gasteiger partial charge in [-0.25, -0.2) is 0 Å². The number of carbonyl (C=O) groups is 2. The van der Waals surface area contributed by atoms with Gasteiger partial charge in [0.2, 0.25) is 0 Å². The Balaban J connectivity index is 0. The number of esters is 1. The number of ether oxygens (including phenoxy) is 1. The largest absolute Gasteiger partial charge is 0.469 e. The van der Waals surface area contributed by atoms with Gasteiger partial charge in [-0.05, 0) is 19.8 Å². The Labute approximate surface area is 109 Å². The van der Waals surface area contributed by atoms with Crippen molar-refractivity contribution < 1.29 is 18.7 Å². The van der Waals surface area contributed by atoms with E-state index in [2.05, 4.69) is 11.3 Å². The second kappa shape index (κ2) is 12.3. The van der Waals surface area contributed by atoms with E-state index in [4.69, 9.17) is 0 Å². The summed E-state index contributed by atoms with van der Waals surface area (Å²) in [5.74, 6) is -1.23. The maximum absolute atomic E-state index is 11.9. The average Bonchev–Trinajstić information content (AvgIpc) is 2.39. The van der Waals surface area contributed by atoms with Gasteiger partial charge in [-0.1, -0.05) is 33.3 Å². The normalized spacial score (nSPS) is 10.9. The molecule has 3 nitrogen and oxygen atoms in total. The van der Waals surface area contributed by atoms with Crippen LogP contribution in [0.15, 0.2) is 12.2 Å². The first-order valence-corrected chi connectivity index (χ1v) is 6.38. The zero-order chi connectivity index (χ0) is 14.6. The van der Waals surface area contributed by atoms with E-state index in [0.717, 1.165) is 0 Å². The lowest BCUT2D eigenvalue weighted by Crippen LogP contribution is -2.21. The molecule has 0 aromatic carbocycles. The number of ketones is 1. The van der Waals surface area contributed by atoms with Gasteiger partial charge in [0.25, 0.3) is 0 Å². The van der Waals surface area contributed by atoms with Crippen LogP contribution in [0.3, 0.4) is 0 Å². The summed E-state index contributed by atoms with van der Waals surface area (Å²) in [5, 5.41) is 0. The molecule has 0 aliphatic heterocycles. The van der Waals surface area contributed by atoms with Crippen molar-refractivity contribution in [3.05, 3.63) is 12.2 Å². The van der Waals surface area contributed by atoms with Crippen LogP contribution in [0.4, 0.5) is 4.39 Å². The molecule has 0 spiro atoms. The van der Waals surface area contributed by atoms with E-state index < -0.39 is 11.9 Å². The van der Waals surface area contributed by atoms with Crippen molar-refractivity contribution >= 4 is 11.8 Å². The maximum Gasteiger partial charge on any atom is 0.313 e. The third kappa shape index (κ3) is 7.98. The number of rotatable bonds is 8. The van der Waals surface area contributed by atoms with Gasteiger partial charge in [-0.3, -0.25) is 14.0 Å². The van der Waals surface area contributed by atoms with Crippen LogP contribution >= 0.6 is 0 Å². The molecular weight excluding hydrogens is 235 g/mol. The van der Waals surface area contributed by atoms with Crippen LogP contribution in [0.1, 0.15) is 46.5 Å². The molecule has 0 saturated carbocycles. The minimum absolute atomic E-state index is 0.208. The Morgan fingerprint density at radius 1 is 1.22 bits per heavy atom. The molecule has 0 amide bonds. The molecule has 0 saturated heterocycles. The van der Waals surface area contributed by atoms with Crippen molar-refractivity contribution in [2.75, 3.05) is 13.8 Å². The van der Waals surface area contributed by atoms with E-state index >= 15 is 0 Å².